The fourth-order valence-corrected chi connectivity index (χ4v) is 2.42. The molecule has 0 atom stereocenters. The summed E-state index contributed by atoms with van der Waals surface area (Å²) in [6.45, 7) is 0. The van der Waals surface area contributed by atoms with Crippen LogP contribution in [0.5, 0.6) is 0 Å². The number of rotatable bonds is 3. The largest absolute Gasteiger partial charge is 0.198 e. The van der Waals surface area contributed by atoms with Crippen LogP contribution >= 0.6 is 11.8 Å². The van der Waals surface area contributed by atoms with E-state index < -0.39 is 0 Å². The van der Waals surface area contributed by atoms with Crippen LogP contribution in [0.25, 0.3) is 0 Å². The number of nitriles is 1. The van der Waals surface area contributed by atoms with Crippen LogP contribution in [0.15, 0.2) is 64.4 Å². The molecule has 0 aliphatic heterocycles. The second-order valence-corrected chi connectivity index (χ2v) is 4.47. The summed E-state index contributed by atoms with van der Waals surface area (Å²) in [5.41, 5.74) is 1.10. The lowest BCUT2D eigenvalue weighted by Crippen LogP contribution is -1.85. The zero-order valence-electron chi connectivity index (χ0n) is 8.76. The van der Waals surface area contributed by atoms with Crippen molar-refractivity contribution >= 4 is 11.8 Å². The normalized spacial score (nSPS) is 9.69. The Balaban J connectivity index is 2.25. The molecule has 1 nitrogen and oxygen atoms in total. The molecular weight excluding hydrogens is 214 g/mol. The Morgan fingerprint density at radius 2 is 1.62 bits per heavy atom. The summed E-state index contributed by atoms with van der Waals surface area (Å²) in [7, 11) is 0. The SMILES string of the molecule is N#CCc1ccccc1Sc1ccccc1. The predicted molar refractivity (Wildman–Crippen MR) is 66.3 cm³/mol. The van der Waals surface area contributed by atoms with Gasteiger partial charge in [-0.3, -0.25) is 0 Å². The first-order chi connectivity index (χ1) is 7.90. The van der Waals surface area contributed by atoms with Crippen LogP contribution < -0.4 is 0 Å². The third-order valence-corrected chi connectivity index (χ3v) is 3.34. The first-order valence-corrected chi connectivity index (χ1v) is 5.89. The Hall–Kier alpha value is -1.72. The summed E-state index contributed by atoms with van der Waals surface area (Å²) < 4.78 is 0. The zero-order chi connectivity index (χ0) is 11.2. The van der Waals surface area contributed by atoms with Crippen molar-refractivity contribution in [2.75, 3.05) is 0 Å². The molecule has 78 valence electrons. The highest BCUT2D eigenvalue weighted by Gasteiger charge is 2.02. The van der Waals surface area contributed by atoms with Crippen molar-refractivity contribution in [3.63, 3.8) is 0 Å². The van der Waals surface area contributed by atoms with E-state index in [1.165, 1.54) is 4.90 Å². The third-order valence-electron chi connectivity index (χ3n) is 2.21. The molecule has 0 saturated carbocycles. The average molecular weight is 225 g/mol. The maximum absolute atomic E-state index is 8.75. The number of nitrogens with zero attached hydrogens (tertiary/aromatic N) is 1. The summed E-state index contributed by atoms with van der Waals surface area (Å²) in [5, 5.41) is 8.75. The van der Waals surface area contributed by atoms with Crippen LogP contribution in [0, 0.1) is 11.3 Å². The van der Waals surface area contributed by atoms with Crippen molar-refractivity contribution in [3.8, 4) is 6.07 Å². The lowest BCUT2D eigenvalue weighted by atomic mass is 10.2. The number of hydrogen-bond donors (Lipinski definition) is 0. The van der Waals surface area contributed by atoms with E-state index in [1.807, 2.05) is 36.4 Å². The molecule has 0 saturated heterocycles. The van der Waals surface area contributed by atoms with Crippen LogP contribution in [-0.2, 0) is 6.42 Å². The molecule has 0 amide bonds. The minimum Gasteiger partial charge on any atom is -0.198 e. The molecule has 0 bridgehead atoms. The number of benzene rings is 2. The van der Waals surface area contributed by atoms with Crippen LogP contribution in [0.2, 0.25) is 0 Å². The zero-order valence-corrected chi connectivity index (χ0v) is 9.58. The summed E-state index contributed by atoms with van der Waals surface area (Å²) >= 11 is 1.70. The molecule has 0 unspecified atom stereocenters. The van der Waals surface area contributed by atoms with Gasteiger partial charge in [0.25, 0.3) is 0 Å². The van der Waals surface area contributed by atoms with Gasteiger partial charge >= 0.3 is 0 Å². The standard InChI is InChI=1S/C14H11NS/c15-11-10-12-6-4-5-9-14(12)16-13-7-2-1-3-8-13/h1-9H,10H2. The second kappa shape index (κ2) is 5.39. The molecule has 0 aromatic heterocycles. The lowest BCUT2D eigenvalue weighted by molar-refractivity contribution is 1.18. The molecule has 16 heavy (non-hydrogen) atoms. The van der Waals surface area contributed by atoms with Gasteiger partial charge in [-0.2, -0.15) is 5.26 Å². The quantitative estimate of drug-likeness (QED) is 0.791. The summed E-state index contributed by atoms with van der Waals surface area (Å²) in [5.74, 6) is 0. The van der Waals surface area contributed by atoms with E-state index in [2.05, 4.69) is 24.3 Å². The van der Waals surface area contributed by atoms with Gasteiger partial charge in [0.2, 0.25) is 0 Å². The summed E-state index contributed by atoms with van der Waals surface area (Å²) in [4.78, 5) is 2.36. The van der Waals surface area contributed by atoms with E-state index in [0.717, 1.165) is 10.5 Å². The van der Waals surface area contributed by atoms with Gasteiger partial charge in [-0.15, -0.1) is 0 Å². The maximum Gasteiger partial charge on any atom is 0.0670 e. The van der Waals surface area contributed by atoms with Crippen LogP contribution in [0.3, 0.4) is 0 Å². The van der Waals surface area contributed by atoms with Gasteiger partial charge in [-0.1, -0.05) is 48.2 Å². The maximum atomic E-state index is 8.75. The van der Waals surface area contributed by atoms with E-state index in [1.54, 1.807) is 11.8 Å². The Bertz CT molecular complexity index is 500. The molecule has 0 spiro atoms. The predicted octanol–water partition coefficient (Wildman–Crippen LogP) is 3.90. The van der Waals surface area contributed by atoms with Crippen molar-refractivity contribution < 1.29 is 0 Å². The van der Waals surface area contributed by atoms with Crippen molar-refractivity contribution in [1.82, 2.24) is 0 Å². The van der Waals surface area contributed by atoms with Gasteiger partial charge in [0, 0.05) is 9.79 Å². The van der Waals surface area contributed by atoms with Crippen LogP contribution in [0.4, 0.5) is 0 Å². The molecule has 2 aromatic rings. The third kappa shape index (κ3) is 2.65. The van der Waals surface area contributed by atoms with Crippen LogP contribution in [0.1, 0.15) is 5.56 Å². The Morgan fingerprint density at radius 1 is 0.938 bits per heavy atom. The summed E-state index contributed by atoms with van der Waals surface area (Å²) in [6.07, 6.45) is 0.468. The average Bonchev–Trinajstić information content (AvgIpc) is 2.33. The molecule has 0 fully saturated rings. The van der Waals surface area contributed by atoms with E-state index in [-0.39, 0.29) is 0 Å². The van der Waals surface area contributed by atoms with Gasteiger partial charge in [0.05, 0.1) is 12.5 Å². The summed E-state index contributed by atoms with van der Waals surface area (Å²) in [6, 6.07) is 20.5. The highest BCUT2D eigenvalue weighted by molar-refractivity contribution is 7.99. The smallest absolute Gasteiger partial charge is 0.0670 e. The molecule has 2 aromatic carbocycles. The molecule has 2 heteroatoms. The van der Waals surface area contributed by atoms with Crippen LogP contribution in [-0.4, -0.2) is 0 Å². The van der Waals surface area contributed by atoms with E-state index in [9.17, 15) is 0 Å². The van der Waals surface area contributed by atoms with E-state index in [4.69, 9.17) is 5.26 Å². The monoisotopic (exact) mass is 225 g/mol. The van der Waals surface area contributed by atoms with Gasteiger partial charge < -0.3 is 0 Å². The first-order valence-electron chi connectivity index (χ1n) is 5.08. The van der Waals surface area contributed by atoms with Gasteiger partial charge in [0.15, 0.2) is 0 Å². The van der Waals surface area contributed by atoms with Gasteiger partial charge in [0.1, 0.15) is 0 Å². The van der Waals surface area contributed by atoms with Gasteiger partial charge in [-0.05, 0) is 23.8 Å². The lowest BCUT2D eigenvalue weighted by Gasteiger charge is -2.05. The Morgan fingerprint density at radius 3 is 2.38 bits per heavy atom. The molecule has 2 rings (SSSR count). The molecule has 0 aliphatic rings. The molecule has 0 heterocycles. The van der Waals surface area contributed by atoms with E-state index in [0.29, 0.717) is 6.42 Å². The highest BCUT2D eigenvalue weighted by Crippen LogP contribution is 2.30. The minimum absolute atomic E-state index is 0.468. The molecule has 0 N–H and O–H groups in total. The fourth-order valence-electron chi connectivity index (χ4n) is 1.45. The minimum atomic E-state index is 0.468. The van der Waals surface area contributed by atoms with Crippen molar-refractivity contribution in [3.05, 3.63) is 60.2 Å². The first kappa shape index (κ1) is 10.8. The van der Waals surface area contributed by atoms with Gasteiger partial charge in [-0.25, -0.2) is 0 Å². The van der Waals surface area contributed by atoms with E-state index >= 15 is 0 Å². The van der Waals surface area contributed by atoms with Crippen molar-refractivity contribution in [1.29, 1.82) is 5.26 Å². The molecule has 0 aliphatic carbocycles. The molecular formula is C14H11NS. The Labute approximate surface area is 99.7 Å². The van der Waals surface area contributed by atoms with Crippen molar-refractivity contribution in [2.45, 2.75) is 16.2 Å². The highest BCUT2D eigenvalue weighted by atomic mass is 32.2. The topological polar surface area (TPSA) is 23.8 Å². The fraction of sp³-hybridized carbons (Fsp3) is 0.0714. The second-order valence-electron chi connectivity index (χ2n) is 3.36. The molecule has 0 radical (unpaired) electrons. The number of hydrogen-bond acceptors (Lipinski definition) is 2. The van der Waals surface area contributed by atoms with Crippen molar-refractivity contribution in [2.24, 2.45) is 0 Å². The Kier molecular flexibility index (Phi) is 3.63.